The molecule has 1 fully saturated rings. The van der Waals surface area contributed by atoms with E-state index in [1.807, 2.05) is 45.2 Å². The number of nitrogens with zero attached hydrogens (tertiary/aromatic N) is 6. The molecule has 4 heterocycles. The van der Waals surface area contributed by atoms with Gasteiger partial charge < -0.3 is 35.4 Å². The molecule has 2 bridgehead atoms. The number of ketones is 1. The van der Waals surface area contributed by atoms with Crippen LogP contribution in [0.2, 0.25) is 0 Å². The first-order valence-corrected chi connectivity index (χ1v) is 15.5. The third kappa shape index (κ3) is 8.95. The van der Waals surface area contributed by atoms with E-state index in [9.17, 15) is 4.79 Å². The van der Waals surface area contributed by atoms with Crippen molar-refractivity contribution in [3.8, 4) is 11.5 Å². The molecule has 1 saturated heterocycles. The molecule has 1 aromatic carbocycles. The minimum atomic E-state index is 0. The topological polar surface area (TPSA) is 136 Å². The normalized spacial score (nSPS) is 17.8. The van der Waals surface area contributed by atoms with Crippen molar-refractivity contribution in [1.82, 2.24) is 20.3 Å². The number of aromatic nitrogens is 3. The van der Waals surface area contributed by atoms with Crippen LogP contribution in [0.25, 0.3) is 16.4 Å². The summed E-state index contributed by atoms with van der Waals surface area (Å²) < 4.78 is 12.3. The SMILES string of the molecule is [CH-]=C/C(=C\[C-]=NC=[N-])Oc1cc(C)c(Nc2ncnc3cc4c(nc23)N2CCCC(CCC(=O)/C=C/CNC)C(CO4)C2)cc1C.[Li+]. The van der Waals surface area contributed by atoms with Gasteiger partial charge in [0.15, 0.2) is 23.2 Å². The number of nitrogens with one attached hydrogen (secondary N) is 2. The maximum absolute atomic E-state index is 12.4. The van der Waals surface area contributed by atoms with Gasteiger partial charge in [-0.3, -0.25) is 11.4 Å². The molecule has 0 saturated carbocycles. The van der Waals surface area contributed by atoms with Crippen LogP contribution in [-0.2, 0) is 4.79 Å². The number of rotatable bonds is 13. The third-order valence-electron chi connectivity index (χ3n) is 8.33. The van der Waals surface area contributed by atoms with Gasteiger partial charge in [-0.2, -0.15) is 6.08 Å². The van der Waals surface area contributed by atoms with Crippen LogP contribution in [0.1, 0.15) is 36.8 Å². The Kier molecular flexibility index (Phi) is 12.9. The van der Waals surface area contributed by atoms with Crippen molar-refractivity contribution < 1.29 is 33.1 Å². The van der Waals surface area contributed by atoms with Gasteiger partial charge in [0.05, 0.1) is 12.1 Å². The van der Waals surface area contributed by atoms with Crippen LogP contribution in [0.3, 0.4) is 0 Å². The summed E-state index contributed by atoms with van der Waals surface area (Å²) >= 11 is 0. The molecular formula is C35H39LiN8O3-2. The summed E-state index contributed by atoms with van der Waals surface area (Å²) in [6.07, 6.45) is 14.5. The molecule has 0 radical (unpaired) electrons. The number of allylic oxidation sites excluding steroid dienone is 3. The van der Waals surface area contributed by atoms with Crippen LogP contribution in [0.4, 0.5) is 17.3 Å². The Morgan fingerprint density at radius 2 is 2.13 bits per heavy atom. The van der Waals surface area contributed by atoms with Crippen LogP contribution in [0, 0.1) is 32.3 Å². The van der Waals surface area contributed by atoms with Crippen molar-refractivity contribution in [1.29, 1.82) is 0 Å². The van der Waals surface area contributed by atoms with Gasteiger partial charge >= 0.3 is 18.9 Å². The van der Waals surface area contributed by atoms with Crippen molar-refractivity contribution in [2.75, 3.05) is 43.5 Å². The molecule has 2 aliphatic rings. The zero-order valence-electron chi connectivity index (χ0n) is 27.5. The Balaban J connectivity index is 0.00000500. The van der Waals surface area contributed by atoms with Crippen molar-refractivity contribution in [2.45, 2.75) is 39.5 Å². The maximum Gasteiger partial charge on any atom is 1.00 e. The molecule has 11 nitrogen and oxygen atoms in total. The number of benzene rings is 1. The van der Waals surface area contributed by atoms with Gasteiger partial charge in [-0.05, 0) is 75.4 Å². The largest absolute Gasteiger partial charge is 1.00 e. The Morgan fingerprint density at radius 1 is 1.28 bits per heavy atom. The van der Waals surface area contributed by atoms with Crippen molar-refractivity contribution in [3.05, 3.63) is 77.7 Å². The van der Waals surface area contributed by atoms with Crippen molar-refractivity contribution in [3.63, 3.8) is 0 Å². The third-order valence-corrected chi connectivity index (χ3v) is 8.33. The minimum Gasteiger partial charge on any atom is -0.577 e. The number of anilines is 3. The first-order valence-electron chi connectivity index (χ1n) is 15.5. The van der Waals surface area contributed by atoms with Crippen molar-refractivity contribution >= 4 is 46.7 Å². The monoisotopic (exact) mass is 626 g/mol. The maximum atomic E-state index is 12.4. The van der Waals surface area contributed by atoms with Gasteiger partial charge in [0.25, 0.3) is 0 Å². The van der Waals surface area contributed by atoms with Gasteiger partial charge in [-0.1, -0.05) is 6.08 Å². The molecule has 47 heavy (non-hydrogen) atoms. The van der Waals surface area contributed by atoms with Gasteiger partial charge in [0.1, 0.15) is 17.6 Å². The molecule has 2 unspecified atom stereocenters. The number of fused-ring (bicyclic) bond motifs is 5. The minimum absolute atomic E-state index is 0. The van der Waals surface area contributed by atoms with E-state index < -0.39 is 0 Å². The fourth-order valence-corrected chi connectivity index (χ4v) is 5.90. The van der Waals surface area contributed by atoms with Crippen LogP contribution in [0.5, 0.6) is 11.5 Å². The second kappa shape index (κ2) is 17.0. The molecule has 2 aromatic heterocycles. The quantitative estimate of drug-likeness (QED) is 0.0558. The second-order valence-corrected chi connectivity index (χ2v) is 11.5. The smallest absolute Gasteiger partial charge is 0.577 e. The zero-order valence-corrected chi connectivity index (χ0v) is 27.5. The predicted molar refractivity (Wildman–Crippen MR) is 182 cm³/mol. The van der Waals surface area contributed by atoms with Crippen LogP contribution in [0.15, 0.2) is 59.6 Å². The number of hydrogen-bond acceptors (Lipinski definition) is 9. The summed E-state index contributed by atoms with van der Waals surface area (Å²) in [5.41, 5.74) is 3.96. The molecule has 240 valence electrons. The van der Waals surface area contributed by atoms with Crippen LogP contribution >= 0.6 is 0 Å². The molecular weight excluding hydrogens is 587 g/mol. The molecule has 0 amide bonds. The number of aryl methyl sites for hydroxylation is 2. The molecule has 2 atom stereocenters. The fraction of sp³-hybridized carbons (Fsp3) is 0.371. The van der Waals surface area contributed by atoms with Crippen molar-refractivity contribution in [2.24, 2.45) is 16.8 Å². The van der Waals surface area contributed by atoms with E-state index in [4.69, 9.17) is 26.4 Å². The molecule has 5 rings (SSSR count). The molecule has 2 N–H and O–H groups in total. The first-order chi connectivity index (χ1) is 22.4. The Hall–Kier alpha value is -4.30. The number of likely N-dealkylation sites (N-methyl/N-ethyl adjacent to an activating group) is 1. The average Bonchev–Trinajstić information content (AvgIpc) is 3.36. The number of aliphatic imine (C=N–C) groups is 1. The van der Waals surface area contributed by atoms with Gasteiger partial charge in [-0.15, -0.1) is 6.08 Å². The van der Waals surface area contributed by atoms with E-state index in [-0.39, 0.29) is 24.6 Å². The van der Waals surface area contributed by atoms with E-state index >= 15 is 0 Å². The van der Waals surface area contributed by atoms with Crippen LogP contribution in [-0.4, -0.2) is 66.6 Å². The fourth-order valence-electron chi connectivity index (χ4n) is 5.90. The predicted octanol–water partition coefficient (Wildman–Crippen LogP) is 2.54. The second-order valence-electron chi connectivity index (χ2n) is 11.5. The van der Waals surface area contributed by atoms with Gasteiger partial charge in [0.2, 0.25) is 0 Å². The van der Waals surface area contributed by atoms with E-state index in [0.29, 0.717) is 66.1 Å². The average molecular weight is 627 g/mol. The summed E-state index contributed by atoms with van der Waals surface area (Å²) in [5, 5.41) is 15.2. The first kappa shape index (κ1) is 35.5. The van der Waals surface area contributed by atoms with Crippen LogP contribution < -0.4 is 43.9 Å². The number of ether oxygens (including phenoxy) is 2. The van der Waals surface area contributed by atoms with Gasteiger partial charge in [-0.25, -0.2) is 27.5 Å². The Bertz CT molecular complexity index is 1690. The van der Waals surface area contributed by atoms with Gasteiger partial charge in [0, 0.05) is 49.5 Å². The summed E-state index contributed by atoms with van der Waals surface area (Å²) in [6.45, 7) is 12.6. The molecule has 2 aliphatic heterocycles. The summed E-state index contributed by atoms with van der Waals surface area (Å²) in [7, 11) is 1.87. The number of carbonyl (C=O) groups excluding carboxylic acids is 1. The molecule has 0 spiro atoms. The molecule has 3 aromatic rings. The van der Waals surface area contributed by atoms with E-state index in [1.165, 1.54) is 18.5 Å². The number of carbonyl (C=O) groups is 1. The number of hydrogen-bond donors (Lipinski definition) is 2. The number of pyridine rings is 1. The van der Waals surface area contributed by atoms with E-state index in [2.05, 4.69) is 36.7 Å². The Labute approximate surface area is 288 Å². The van der Waals surface area contributed by atoms with E-state index in [0.717, 1.165) is 60.7 Å². The summed E-state index contributed by atoms with van der Waals surface area (Å²) in [5.74, 6) is 3.93. The summed E-state index contributed by atoms with van der Waals surface area (Å²) in [6, 6.07) is 5.83. The molecule has 12 heteroatoms. The summed E-state index contributed by atoms with van der Waals surface area (Å²) in [4.78, 5) is 32.4. The Morgan fingerprint density at radius 3 is 2.91 bits per heavy atom. The zero-order chi connectivity index (χ0) is 32.5. The van der Waals surface area contributed by atoms with E-state index in [1.54, 1.807) is 6.08 Å². The molecule has 0 aliphatic carbocycles. The standard InChI is InChI=1S/C35H39N8O3.Li/c1-5-28(12-14-38-21-36)46-31-17-23(2)29(16-24(31)3)41-34-33-30(39-22-40-34)18-32-35(42-33)43-15-7-8-25(26(19-43)20-45-32)10-11-27(44)9-6-13-37-4;/h1,5-6,9,12,16-18,21-22,25-26,37H,7-8,10-11,13,15,19-20H2,2-4H3,(H,39,40,41);/q-3;+1/b9-6+,28-12+;.